The topological polar surface area (TPSA) is 72.7 Å². The fraction of sp³-hybridized carbons (Fsp3) is 0.462. The van der Waals surface area contributed by atoms with Crippen molar-refractivity contribution in [3.63, 3.8) is 0 Å². The molecule has 0 unspecified atom stereocenters. The van der Waals surface area contributed by atoms with Crippen molar-refractivity contribution in [1.82, 2.24) is 4.90 Å². The van der Waals surface area contributed by atoms with Crippen molar-refractivity contribution in [2.45, 2.75) is 20.0 Å². The maximum Gasteiger partial charge on any atom is 0.272 e. The SMILES string of the molecule is Cc1cc(C(=O)N2CCO[C@H](C)C2)ccc1[N+](=O)[O-]. The molecule has 1 fully saturated rings. The summed E-state index contributed by atoms with van der Waals surface area (Å²) in [4.78, 5) is 24.3. The van der Waals surface area contributed by atoms with Crippen molar-refractivity contribution in [3.05, 3.63) is 39.4 Å². The first kappa shape index (κ1) is 13.5. The molecule has 1 aromatic rings. The lowest BCUT2D eigenvalue weighted by Crippen LogP contribution is -2.44. The van der Waals surface area contributed by atoms with Gasteiger partial charge in [-0.2, -0.15) is 0 Å². The molecule has 1 aliphatic rings. The highest BCUT2D eigenvalue weighted by atomic mass is 16.6. The van der Waals surface area contributed by atoms with Gasteiger partial charge in [-0.1, -0.05) is 0 Å². The first-order valence-electron chi connectivity index (χ1n) is 6.15. The van der Waals surface area contributed by atoms with E-state index in [1.165, 1.54) is 12.1 Å². The second-order valence-electron chi connectivity index (χ2n) is 4.69. The Morgan fingerprint density at radius 2 is 2.26 bits per heavy atom. The predicted molar refractivity (Wildman–Crippen MR) is 69.2 cm³/mol. The van der Waals surface area contributed by atoms with Crippen LogP contribution >= 0.6 is 0 Å². The number of nitro groups is 1. The van der Waals surface area contributed by atoms with Crippen LogP contribution in [0.3, 0.4) is 0 Å². The zero-order valence-corrected chi connectivity index (χ0v) is 11.0. The van der Waals surface area contributed by atoms with E-state index in [0.29, 0.717) is 30.8 Å². The Balaban J connectivity index is 2.19. The molecular weight excluding hydrogens is 248 g/mol. The average molecular weight is 264 g/mol. The van der Waals surface area contributed by atoms with Crippen molar-refractivity contribution >= 4 is 11.6 Å². The van der Waals surface area contributed by atoms with Gasteiger partial charge in [0, 0.05) is 30.3 Å². The highest BCUT2D eigenvalue weighted by molar-refractivity contribution is 5.94. The third kappa shape index (κ3) is 2.90. The number of aryl methyl sites for hydroxylation is 1. The molecule has 19 heavy (non-hydrogen) atoms. The predicted octanol–water partition coefficient (Wildman–Crippen LogP) is 1.76. The lowest BCUT2D eigenvalue weighted by Gasteiger charge is -2.31. The van der Waals surface area contributed by atoms with Crippen LogP contribution in [0.5, 0.6) is 0 Å². The molecule has 0 bridgehead atoms. The molecule has 1 saturated heterocycles. The number of morpholine rings is 1. The van der Waals surface area contributed by atoms with E-state index >= 15 is 0 Å². The lowest BCUT2D eigenvalue weighted by molar-refractivity contribution is -0.385. The summed E-state index contributed by atoms with van der Waals surface area (Å²) in [6, 6.07) is 4.46. The van der Waals surface area contributed by atoms with E-state index in [2.05, 4.69) is 0 Å². The van der Waals surface area contributed by atoms with Gasteiger partial charge in [-0.3, -0.25) is 14.9 Å². The summed E-state index contributed by atoms with van der Waals surface area (Å²) in [6.45, 7) is 5.18. The number of rotatable bonds is 2. The van der Waals surface area contributed by atoms with E-state index < -0.39 is 4.92 Å². The smallest absolute Gasteiger partial charge is 0.272 e. The highest BCUT2D eigenvalue weighted by Gasteiger charge is 2.23. The number of hydrogen-bond donors (Lipinski definition) is 0. The Bertz CT molecular complexity index is 515. The molecule has 1 amide bonds. The molecule has 6 heteroatoms. The lowest BCUT2D eigenvalue weighted by atomic mass is 10.1. The third-order valence-corrected chi connectivity index (χ3v) is 3.17. The molecule has 0 saturated carbocycles. The first-order chi connectivity index (χ1) is 8.99. The van der Waals surface area contributed by atoms with Gasteiger partial charge >= 0.3 is 0 Å². The van der Waals surface area contributed by atoms with Crippen LogP contribution in [0.1, 0.15) is 22.8 Å². The van der Waals surface area contributed by atoms with Crippen LogP contribution in [0.15, 0.2) is 18.2 Å². The number of ether oxygens (including phenoxy) is 1. The minimum atomic E-state index is -0.444. The standard InChI is InChI=1S/C13H16N2O4/c1-9-7-11(3-4-12(9)15(17)18)13(16)14-5-6-19-10(2)8-14/h3-4,7,10H,5-6,8H2,1-2H3/t10-/m1/s1. The Labute approximate surface area is 111 Å². The molecular formula is C13H16N2O4. The molecule has 1 aliphatic heterocycles. The molecule has 0 radical (unpaired) electrons. The molecule has 1 atom stereocenters. The second-order valence-corrected chi connectivity index (χ2v) is 4.69. The quantitative estimate of drug-likeness (QED) is 0.602. The number of amides is 1. The van der Waals surface area contributed by atoms with E-state index in [-0.39, 0.29) is 17.7 Å². The summed E-state index contributed by atoms with van der Waals surface area (Å²) in [5, 5.41) is 10.7. The van der Waals surface area contributed by atoms with Gasteiger partial charge in [0.05, 0.1) is 17.6 Å². The molecule has 1 heterocycles. The molecule has 1 aromatic carbocycles. The van der Waals surface area contributed by atoms with Crippen molar-refractivity contribution in [2.75, 3.05) is 19.7 Å². The van der Waals surface area contributed by atoms with Crippen LogP contribution in [-0.2, 0) is 4.74 Å². The average Bonchev–Trinajstić information content (AvgIpc) is 2.37. The number of benzene rings is 1. The van der Waals surface area contributed by atoms with Crippen LogP contribution in [0.4, 0.5) is 5.69 Å². The monoisotopic (exact) mass is 264 g/mol. The Morgan fingerprint density at radius 1 is 1.53 bits per heavy atom. The van der Waals surface area contributed by atoms with Gasteiger partial charge in [-0.15, -0.1) is 0 Å². The molecule has 0 aliphatic carbocycles. The van der Waals surface area contributed by atoms with Crippen LogP contribution in [-0.4, -0.2) is 41.5 Å². The van der Waals surface area contributed by atoms with E-state index in [0.717, 1.165) is 0 Å². The van der Waals surface area contributed by atoms with Gasteiger partial charge in [0.15, 0.2) is 0 Å². The van der Waals surface area contributed by atoms with Crippen molar-refractivity contribution in [2.24, 2.45) is 0 Å². The van der Waals surface area contributed by atoms with Crippen LogP contribution < -0.4 is 0 Å². The fourth-order valence-electron chi connectivity index (χ4n) is 2.18. The van der Waals surface area contributed by atoms with Crippen LogP contribution in [0.2, 0.25) is 0 Å². The van der Waals surface area contributed by atoms with Gasteiger partial charge in [0.2, 0.25) is 0 Å². The third-order valence-electron chi connectivity index (χ3n) is 3.17. The number of nitro benzene ring substituents is 1. The van der Waals surface area contributed by atoms with Crippen LogP contribution in [0, 0.1) is 17.0 Å². The maximum absolute atomic E-state index is 12.3. The zero-order chi connectivity index (χ0) is 14.0. The van der Waals surface area contributed by atoms with Crippen molar-refractivity contribution in [3.8, 4) is 0 Å². The number of carbonyl (C=O) groups is 1. The van der Waals surface area contributed by atoms with Gasteiger partial charge in [-0.25, -0.2) is 0 Å². The molecule has 0 spiro atoms. The molecule has 102 valence electrons. The Hall–Kier alpha value is -1.95. The minimum absolute atomic E-state index is 0.0249. The van der Waals surface area contributed by atoms with Gasteiger partial charge < -0.3 is 9.64 Å². The fourth-order valence-corrected chi connectivity index (χ4v) is 2.18. The van der Waals surface area contributed by atoms with Gasteiger partial charge in [0.1, 0.15) is 0 Å². The van der Waals surface area contributed by atoms with Crippen molar-refractivity contribution in [1.29, 1.82) is 0 Å². The normalized spacial score (nSPS) is 19.3. The summed E-state index contributed by atoms with van der Waals surface area (Å²) >= 11 is 0. The first-order valence-corrected chi connectivity index (χ1v) is 6.15. The Morgan fingerprint density at radius 3 is 2.84 bits per heavy atom. The summed E-state index contributed by atoms with van der Waals surface area (Å²) < 4.78 is 5.39. The summed E-state index contributed by atoms with van der Waals surface area (Å²) in [6.07, 6.45) is 0.0249. The summed E-state index contributed by atoms with van der Waals surface area (Å²) in [5.74, 6) is -0.104. The highest BCUT2D eigenvalue weighted by Crippen LogP contribution is 2.20. The van der Waals surface area contributed by atoms with E-state index in [1.54, 1.807) is 17.9 Å². The summed E-state index contributed by atoms with van der Waals surface area (Å²) in [7, 11) is 0. The summed E-state index contributed by atoms with van der Waals surface area (Å²) in [5.41, 5.74) is 1.02. The minimum Gasteiger partial charge on any atom is -0.375 e. The molecule has 0 aromatic heterocycles. The molecule has 6 nitrogen and oxygen atoms in total. The number of hydrogen-bond acceptors (Lipinski definition) is 4. The number of nitrogens with zero attached hydrogens (tertiary/aromatic N) is 2. The molecule has 2 rings (SSSR count). The van der Waals surface area contributed by atoms with Crippen LogP contribution in [0.25, 0.3) is 0 Å². The van der Waals surface area contributed by atoms with E-state index in [4.69, 9.17) is 4.74 Å². The van der Waals surface area contributed by atoms with E-state index in [1.807, 2.05) is 6.92 Å². The largest absolute Gasteiger partial charge is 0.375 e. The van der Waals surface area contributed by atoms with Gasteiger partial charge in [0.25, 0.3) is 11.6 Å². The van der Waals surface area contributed by atoms with E-state index in [9.17, 15) is 14.9 Å². The van der Waals surface area contributed by atoms with Crippen molar-refractivity contribution < 1.29 is 14.5 Å². The maximum atomic E-state index is 12.3. The van der Waals surface area contributed by atoms with Gasteiger partial charge in [-0.05, 0) is 26.0 Å². The second kappa shape index (κ2) is 5.36. The zero-order valence-electron chi connectivity index (χ0n) is 11.0. The number of carbonyl (C=O) groups excluding carboxylic acids is 1. The Kier molecular flexibility index (Phi) is 3.80. The molecule has 0 N–H and O–H groups in total.